The number of hydrogen-bond donors (Lipinski definition) is 0. The number of fused-ring (bicyclic) bond motifs is 1. The van der Waals surface area contributed by atoms with Crippen molar-refractivity contribution in [1.29, 1.82) is 0 Å². The molecule has 0 bridgehead atoms. The number of ether oxygens (including phenoxy) is 6. The molecule has 5 atom stereocenters. The second kappa shape index (κ2) is 6.87. The van der Waals surface area contributed by atoms with Gasteiger partial charge in [0.1, 0.15) is 36.3 Å². The van der Waals surface area contributed by atoms with E-state index in [4.69, 9.17) is 28.4 Å². The topological polar surface area (TPSA) is 55.4 Å². The van der Waals surface area contributed by atoms with Crippen molar-refractivity contribution in [3.63, 3.8) is 0 Å². The summed E-state index contributed by atoms with van der Waals surface area (Å²) in [4.78, 5) is 0. The lowest BCUT2D eigenvalue weighted by Crippen LogP contribution is -2.40. The fraction of sp³-hybridized carbons (Fsp3) is 0.619. The van der Waals surface area contributed by atoms with Crippen LogP contribution in [0.5, 0.6) is 5.75 Å². The van der Waals surface area contributed by atoms with Crippen molar-refractivity contribution < 1.29 is 28.4 Å². The van der Waals surface area contributed by atoms with Gasteiger partial charge >= 0.3 is 0 Å². The van der Waals surface area contributed by atoms with Gasteiger partial charge in [-0.1, -0.05) is 30.4 Å². The highest BCUT2D eigenvalue weighted by molar-refractivity contribution is 5.57. The Labute approximate surface area is 160 Å². The summed E-state index contributed by atoms with van der Waals surface area (Å²) in [7, 11) is 1.67. The van der Waals surface area contributed by atoms with Crippen molar-refractivity contribution >= 4 is 6.08 Å². The van der Waals surface area contributed by atoms with Gasteiger partial charge in [0.15, 0.2) is 11.6 Å². The third kappa shape index (κ3) is 3.77. The molecule has 3 heterocycles. The van der Waals surface area contributed by atoms with E-state index in [0.717, 1.165) is 11.3 Å². The monoisotopic (exact) mass is 376 g/mol. The molecule has 0 N–H and O–H groups in total. The minimum Gasteiger partial charge on any atom is -0.496 e. The molecule has 0 unspecified atom stereocenters. The van der Waals surface area contributed by atoms with E-state index in [2.05, 4.69) is 0 Å². The molecule has 0 radical (unpaired) electrons. The Kier molecular flexibility index (Phi) is 4.81. The molecule has 0 aliphatic carbocycles. The number of hydrogen-bond acceptors (Lipinski definition) is 6. The van der Waals surface area contributed by atoms with Gasteiger partial charge in [0, 0.05) is 5.56 Å². The smallest absolute Gasteiger partial charge is 0.164 e. The molecule has 0 amide bonds. The molecule has 0 aromatic heterocycles. The second-order valence-electron chi connectivity index (χ2n) is 8.10. The van der Waals surface area contributed by atoms with E-state index in [0.29, 0.717) is 6.61 Å². The standard InChI is InChI=1S/C21H28O6/c1-20(2)23-12-16(25-20)17-19-18(26-21(3,4)27-19)15(24-17)11-10-13-8-6-7-9-14(13)22-5/h6-11,15-19H,12H2,1-5H3/b11-10+/t15-,16-,17-,18-,19+/m1/s1. The summed E-state index contributed by atoms with van der Waals surface area (Å²) in [6.45, 7) is 8.16. The molecule has 27 heavy (non-hydrogen) atoms. The Hall–Kier alpha value is -1.44. The van der Waals surface area contributed by atoms with Gasteiger partial charge in [-0.05, 0) is 33.8 Å². The van der Waals surface area contributed by atoms with Crippen LogP contribution in [0.1, 0.15) is 33.3 Å². The van der Waals surface area contributed by atoms with E-state index in [-0.39, 0.29) is 30.5 Å². The van der Waals surface area contributed by atoms with Crippen LogP contribution in [0.15, 0.2) is 30.3 Å². The van der Waals surface area contributed by atoms with E-state index in [1.807, 2.05) is 64.1 Å². The third-order valence-electron chi connectivity index (χ3n) is 5.13. The summed E-state index contributed by atoms with van der Waals surface area (Å²) in [5, 5.41) is 0. The zero-order valence-corrected chi connectivity index (χ0v) is 16.5. The largest absolute Gasteiger partial charge is 0.496 e. The molecular weight excluding hydrogens is 348 g/mol. The highest BCUT2D eigenvalue weighted by atomic mass is 16.8. The molecule has 3 aliphatic rings. The molecule has 3 aliphatic heterocycles. The average Bonchev–Trinajstić information content (AvgIpc) is 3.23. The summed E-state index contributed by atoms with van der Waals surface area (Å²) in [5.74, 6) is -0.440. The van der Waals surface area contributed by atoms with Gasteiger partial charge in [-0.3, -0.25) is 0 Å². The maximum atomic E-state index is 6.31. The highest BCUT2D eigenvalue weighted by Crippen LogP contribution is 2.42. The van der Waals surface area contributed by atoms with Gasteiger partial charge in [-0.15, -0.1) is 0 Å². The van der Waals surface area contributed by atoms with Crippen molar-refractivity contribution in [3.8, 4) is 5.75 Å². The van der Waals surface area contributed by atoms with Crippen LogP contribution in [-0.2, 0) is 23.7 Å². The molecule has 4 rings (SSSR count). The molecule has 3 fully saturated rings. The Morgan fingerprint density at radius 2 is 1.70 bits per heavy atom. The first kappa shape index (κ1) is 18.9. The zero-order chi connectivity index (χ0) is 19.2. The number of methoxy groups -OCH3 is 1. The fourth-order valence-electron chi connectivity index (χ4n) is 4.00. The van der Waals surface area contributed by atoms with Gasteiger partial charge in [0.2, 0.25) is 0 Å². The van der Waals surface area contributed by atoms with Crippen LogP contribution in [-0.4, -0.2) is 55.8 Å². The van der Waals surface area contributed by atoms with E-state index >= 15 is 0 Å². The first-order valence-electron chi connectivity index (χ1n) is 9.42. The summed E-state index contributed by atoms with van der Waals surface area (Å²) >= 11 is 0. The quantitative estimate of drug-likeness (QED) is 0.805. The number of benzene rings is 1. The predicted octanol–water partition coefficient (Wildman–Crippen LogP) is 3.15. The van der Waals surface area contributed by atoms with Crippen LogP contribution in [0.3, 0.4) is 0 Å². The Balaban J connectivity index is 1.55. The van der Waals surface area contributed by atoms with Gasteiger partial charge < -0.3 is 28.4 Å². The summed E-state index contributed by atoms with van der Waals surface area (Å²) in [6.07, 6.45) is 2.96. The van der Waals surface area contributed by atoms with Crippen LogP contribution >= 0.6 is 0 Å². The number of rotatable bonds is 4. The molecule has 0 saturated carbocycles. The SMILES string of the molecule is COc1ccccc1/C=C/[C@H]1O[C@H]([C@H]2COC(C)(C)O2)[C@@H]2OC(C)(C)O[C@@H]21. The van der Waals surface area contributed by atoms with Crippen molar-refractivity contribution in [1.82, 2.24) is 0 Å². The third-order valence-corrected chi connectivity index (χ3v) is 5.13. The molecular formula is C21H28O6. The molecule has 1 aromatic carbocycles. The molecule has 6 heteroatoms. The van der Waals surface area contributed by atoms with Crippen molar-refractivity contribution in [3.05, 3.63) is 35.9 Å². The van der Waals surface area contributed by atoms with Crippen LogP contribution < -0.4 is 4.74 Å². The van der Waals surface area contributed by atoms with Crippen molar-refractivity contribution in [2.24, 2.45) is 0 Å². The van der Waals surface area contributed by atoms with Crippen LogP contribution in [0, 0.1) is 0 Å². The minimum absolute atomic E-state index is 0.185. The molecule has 6 nitrogen and oxygen atoms in total. The first-order chi connectivity index (χ1) is 12.8. The van der Waals surface area contributed by atoms with E-state index in [1.165, 1.54) is 0 Å². The maximum Gasteiger partial charge on any atom is 0.164 e. The molecule has 1 aromatic rings. The summed E-state index contributed by atoms with van der Waals surface area (Å²) in [6, 6.07) is 7.87. The Morgan fingerprint density at radius 3 is 2.41 bits per heavy atom. The summed E-state index contributed by atoms with van der Waals surface area (Å²) in [5.41, 5.74) is 0.989. The number of para-hydroxylation sites is 1. The van der Waals surface area contributed by atoms with Crippen LogP contribution in [0.25, 0.3) is 6.08 Å². The highest BCUT2D eigenvalue weighted by Gasteiger charge is 2.58. The predicted molar refractivity (Wildman–Crippen MR) is 99.4 cm³/mol. The fourth-order valence-corrected chi connectivity index (χ4v) is 4.00. The zero-order valence-electron chi connectivity index (χ0n) is 16.5. The second-order valence-corrected chi connectivity index (χ2v) is 8.10. The lowest BCUT2D eigenvalue weighted by Gasteiger charge is -2.26. The first-order valence-corrected chi connectivity index (χ1v) is 9.42. The molecule has 0 spiro atoms. The molecule has 148 valence electrons. The van der Waals surface area contributed by atoms with E-state index in [9.17, 15) is 0 Å². The van der Waals surface area contributed by atoms with Gasteiger partial charge in [-0.2, -0.15) is 0 Å². The summed E-state index contributed by atoms with van der Waals surface area (Å²) < 4.78 is 35.8. The van der Waals surface area contributed by atoms with Gasteiger partial charge in [0.05, 0.1) is 13.7 Å². The van der Waals surface area contributed by atoms with E-state index in [1.54, 1.807) is 7.11 Å². The van der Waals surface area contributed by atoms with Crippen LogP contribution in [0.4, 0.5) is 0 Å². The van der Waals surface area contributed by atoms with E-state index < -0.39 is 11.6 Å². The van der Waals surface area contributed by atoms with Crippen LogP contribution in [0.2, 0.25) is 0 Å². The van der Waals surface area contributed by atoms with Gasteiger partial charge in [0.25, 0.3) is 0 Å². The van der Waals surface area contributed by atoms with Gasteiger partial charge in [-0.25, -0.2) is 0 Å². The van der Waals surface area contributed by atoms with Crippen molar-refractivity contribution in [2.45, 2.75) is 69.8 Å². The van der Waals surface area contributed by atoms with Crippen molar-refractivity contribution in [2.75, 3.05) is 13.7 Å². The minimum atomic E-state index is -0.650. The Bertz CT molecular complexity index is 712. The maximum absolute atomic E-state index is 6.31. The average molecular weight is 376 g/mol. The lowest BCUT2D eigenvalue weighted by atomic mass is 10.0. The molecule has 3 saturated heterocycles. The Morgan fingerprint density at radius 1 is 0.963 bits per heavy atom. The lowest BCUT2D eigenvalue weighted by molar-refractivity contribution is -0.201. The normalized spacial score (nSPS) is 37.0.